The van der Waals surface area contributed by atoms with Crippen molar-refractivity contribution in [3.8, 4) is 5.75 Å². The number of hydrogen-bond acceptors (Lipinski definition) is 4. The van der Waals surface area contributed by atoms with E-state index < -0.39 is 0 Å². The van der Waals surface area contributed by atoms with Gasteiger partial charge in [-0.25, -0.2) is 0 Å². The molecule has 0 aromatic heterocycles. The van der Waals surface area contributed by atoms with Crippen molar-refractivity contribution in [2.75, 3.05) is 33.4 Å². The SMILES string of the molecule is COc1ccccc1CCNC(=O)C1COCCN1C1CCCC1. The molecular weight excluding hydrogens is 304 g/mol. The fourth-order valence-corrected chi connectivity index (χ4v) is 3.86. The summed E-state index contributed by atoms with van der Waals surface area (Å²) in [5, 5.41) is 3.09. The number of benzene rings is 1. The standard InChI is InChI=1S/C19H28N2O3/c1-23-18-9-5-2-6-15(18)10-11-20-19(22)17-14-24-13-12-21(17)16-7-3-4-8-16/h2,5-6,9,16-17H,3-4,7-8,10-14H2,1H3,(H,20,22). The maximum atomic E-state index is 12.6. The van der Waals surface area contributed by atoms with Crippen molar-refractivity contribution >= 4 is 5.91 Å². The summed E-state index contributed by atoms with van der Waals surface area (Å²) in [4.78, 5) is 15.0. The minimum Gasteiger partial charge on any atom is -0.496 e. The molecule has 1 unspecified atom stereocenters. The number of rotatable bonds is 6. The van der Waals surface area contributed by atoms with Gasteiger partial charge in [0.05, 0.1) is 20.3 Å². The van der Waals surface area contributed by atoms with E-state index in [1.807, 2.05) is 24.3 Å². The third-order valence-corrected chi connectivity index (χ3v) is 5.15. The molecule has 1 amide bonds. The number of nitrogens with one attached hydrogen (secondary N) is 1. The summed E-state index contributed by atoms with van der Waals surface area (Å²) in [5.74, 6) is 0.969. The maximum Gasteiger partial charge on any atom is 0.239 e. The fraction of sp³-hybridized carbons (Fsp3) is 0.632. The Morgan fingerprint density at radius 3 is 2.92 bits per heavy atom. The van der Waals surface area contributed by atoms with Gasteiger partial charge in [-0.05, 0) is 30.9 Å². The molecule has 2 fully saturated rings. The molecule has 1 saturated carbocycles. The van der Waals surface area contributed by atoms with Gasteiger partial charge in [-0.2, -0.15) is 0 Å². The zero-order chi connectivity index (χ0) is 16.8. The van der Waals surface area contributed by atoms with Crippen LogP contribution >= 0.6 is 0 Å². The smallest absolute Gasteiger partial charge is 0.239 e. The number of para-hydroxylation sites is 1. The van der Waals surface area contributed by atoms with Gasteiger partial charge in [-0.1, -0.05) is 31.0 Å². The Morgan fingerprint density at radius 1 is 1.33 bits per heavy atom. The van der Waals surface area contributed by atoms with Crippen LogP contribution in [0.5, 0.6) is 5.75 Å². The molecule has 24 heavy (non-hydrogen) atoms. The van der Waals surface area contributed by atoms with E-state index in [4.69, 9.17) is 9.47 Å². The number of amides is 1. The maximum absolute atomic E-state index is 12.6. The second-order valence-electron chi connectivity index (χ2n) is 6.62. The second kappa shape index (κ2) is 8.49. The summed E-state index contributed by atoms with van der Waals surface area (Å²) >= 11 is 0. The van der Waals surface area contributed by atoms with E-state index in [0.717, 1.165) is 30.9 Å². The molecule has 1 atom stereocenters. The minimum absolute atomic E-state index is 0.0940. The van der Waals surface area contributed by atoms with Gasteiger partial charge in [-0.15, -0.1) is 0 Å². The first-order valence-corrected chi connectivity index (χ1v) is 9.02. The Kier molecular flexibility index (Phi) is 6.10. The lowest BCUT2D eigenvalue weighted by atomic mass is 10.1. The normalized spacial score (nSPS) is 22.5. The van der Waals surface area contributed by atoms with Gasteiger partial charge in [-0.3, -0.25) is 9.69 Å². The van der Waals surface area contributed by atoms with Gasteiger partial charge in [0.25, 0.3) is 0 Å². The Labute approximate surface area is 144 Å². The van der Waals surface area contributed by atoms with Crippen LogP contribution in [-0.2, 0) is 16.0 Å². The minimum atomic E-state index is -0.139. The zero-order valence-corrected chi connectivity index (χ0v) is 14.5. The Morgan fingerprint density at radius 2 is 2.12 bits per heavy atom. The number of nitrogens with zero attached hydrogens (tertiary/aromatic N) is 1. The molecule has 0 spiro atoms. The number of methoxy groups -OCH3 is 1. The third kappa shape index (κ3) is 4.08. The van der Waals surface area contributed by atoms with Crippen molar-refractivity contribution in [1.82, 2.24) is 10.2 Å². The molecule has 132 valence electrons. The molecule has 1 aliphatic heterocycles. The largest absolute Gasteiger partial charge is 0.496 e. The zero-order valence-electron chi connectivity index (χ0n) is 14.5. The number of morpholine rings is 1. The molecule has 1 aromatic carbocycles. The Balaban J connectivity index is 1.53. The van der Waals surface area contributed by atoms with E-state index in [-0.39, 0.29) is 11.9 Å². The molecule has 1 aromatic rings. The van der Waals surface area contributed by atoms with Crippen LogP contribution in [0.4, 0.5) is 0 Å². The van der Waals surface area contributed by atoms with Crippen molar-refractivity contribution in [3.63, 3.8) is 0 Å². The van der Waals surface area contributed by atoms with Crippen LogP contribution in [0.1, 0.15) is 31.2 Å². The fourth-order valence-electron chi connectivity index (χ4n) is 3.86. The summed E-state index contributed by atoms with van der Waals surface area (Å²) < 4.78 is 10.9. The molecule has 0 bridgehead atoms. The van der Waals surface area contributed by atoms with Gasteiger partial charge in [0.1, 0.15) is 11.8 Å². The highest BCUT2D eigenvalue weighted by atomic mass is 16.5. The molecule has 5 nitrogen and oxygen atoms in total. The highest BCUT2D eigenvalue weighted by molar-refractivity contribution is 5.82. The first-order valence-electron chi connectivity index (χ1n) is 9.02. The molecule has 1 heterocycles. The van der Waals surface area contributed by atoms with Crippen LogP contribution < -0.4 is 10.1 Å². The lowest BCUT2D eigenvalue weighted by Gasteiger charge is -2.38. The van der Waals surface area contributed by atoms with E-state index in [0.29, 0.717) is 19.2 Å². The van der Waals surface area contributed by atoms with Crippen molar-refractivity contribution in [2.45, 2.75) is 44.2 Å². The quantitative estimate of drug-likeness (QED) is 0.866. The van der Waals surface area contributed by atoms with Crippen LogP contribution in [0.2, 0.25) is 0 Å². The van der Waals surface area contributed by atoms with Crippen LogP contribution in [0.25, 0.3) is 0 Å². The number of carbonyl (C=O) groups excluding carboxylic acids is 1. The first kappa shape index (κ1) is 17.2. The van der Waals surface area contributed by atoms with Crippen LogP contribution in [0, 0.1) is 0 Å². The average molecular weight is 332 g/mol. The third-order valence-electron chi connectivity index (χ3n) is 5.15. The molecule has 3 rings (SSSR count). The lowest BCUT2D eigenvalue weighted by molar-refractivity contribution is -0.134. The number of carbonyl (C=O) groups is 1. The summed E-state index contributed by atoms with van der Waals surface area (Å²) in [6, 6.07) is 8.36. The predicted octanol–water partition coefficient (Wildman–Crippen LogP) is 2.00. The second-order valence-corrected chi connectivity index (χ2v) is 6.62. The number of hydrogen-bond donors (Lipinski definition) is 1. The van der Waals surface area contributed by atoms with E-state index in [1.54, 1.807) is 7.11 Å². The summed E-state index contributed by atoms with van der Waals surface area (Å²) in [7, 11) is 1.68. The van der Waals surface area contributed by atoms with Gasteiger partial charge in [0, 0.05) is 19.1 Å². The van der Waals surface area contributed by atoms with Crippen LogP contribution in [0.3, 0.4) is 0 Å². The summed E-state index contributed by atoms with van der Waals surface area (Å²) in [6.45, 7) is 2.74. The van der Waals surface area contributed by atoms with Crippen molar-refractivity contribution < 1.29 is 14.3 Å². The lowest BCUT2D eigenvalue weighted by Crippen LogP contribution is -2.56. The van der Waals surface area contributed by atoms with Crippen LogP contribution in [0.15, 0.2) is 24.3 Å². The molecule has 1 N–H and O–H groups in total. The number of ether oxygens (including phenoxy) is 2. The molecule has 1 aliphatic carbocycles. The summed E-state index contributed by atoms with van der Waals surface area (Å²) in [5.41, 5.74) is 1.12. The highest BCUT2D eigenvalue weighted by Gasteiger charge is 2.35. The average Bonchev–Trinajstić information content (AvgIpc) is 3.16. The van der Waals surface area contributed by atoms with Gasteiger partial charge in [0.15, 0.2) is 0 Å². The van der Waals surface area contributed by atoms with E-state index >= 15 is 0 Å². The van der Waals surface area contributed by atoms with Gasteiger partial charge in [0.2, 0.25) is 5.91 Å². The first-order chi connectivity index (χ1) is 11.8. The van der Waals surface area contributed by atoms with Crippen molar-refractivity contribution in [1.29, 1.82) is 0 Å². The summed E-state index contributed by atoms with van der Waals surface area (Å²) in [6.07, 6.45) is 5.76. The Bertz CT molecular complexity index is 543. The topological polar surface area (TPSA) is 50.8 Å². The molecule has 2 aliphatic rings. The predicted molar refractivity (Wildman–Crippen MR) is 93.3 cm³/mol. The molecule has 5 heteroatoms. The molecule has 0 radical (unpaired) electrons. The molecule has 1 saturated heterocycles. The monoisotopic (exact) mass is 332 g/mol. The van der Waals surface area contributed by atoms with E-state index in [1.165, 1.54) is 25.7 Å². The van der Waals surface area contributed by atoms with E-state index in [2.05, 4.69) is 10.2 Å². The van der Waals surface area contributed by atoms with Gasteiger partial charge >= 0.3 is 0 Å². The van der Waals surface area contributed by atoms with Crippen molar-refractivity contribution in [2.24, 2.45) is 0 Å². The van der Waals surface area contributed by atoms with Crippen LogP contribution in [-0.4, -0.2) is 56.3 Å². The van der Waals surface area contributed by atoms with Crippen molar-refractivity contribution in [3.05, 3.63) is 29.8 Å². The molecular formula is C19H28N2O3. The van der Waals surface area contributed by atoms with Gasteiger partial charge < -0.3 is 14.8 Å². The Hall–Kier alpha value is -1.59. The van der Waals surface area contributed by atoms with E-state index in [9.17, 15) is 4.79 Å². The highest BCUT2D eigenvalue weighted by Crippen LogP contribution is 2.26.